The highest BCUT2D eigenvalue weighted by Gasteiger charge is 2.40. The average molecular weight is 267 g/mol. The number of likely N-dealkylation sites (N-methyl/N-ethyl adjacent to an activating group) is 1. The van der Waals surface area contributed by atoms with Gasteiger partial charge in [0.25, 0.3) is 0 Å². The highest BCUT2D eigenvalue weighted by molar-refractivity contribution is 4.93. The first-order chi connectivity index (χ1) is 8.95. The van der Waals surface area contributed by atoms with Crippen molar-refractivity contribution in [2.75, 3.05) is 13.6 Å². The monoisotopic (exact) mass is 267 g/mol. The molecule has 2 heteroatoms. The Kier molecular flexibility index (Phi) is 4.94. The second kappa shape index (κ2) is 6.13. The molecule has 19 heavy (non-hydrogen) atoms. The minimum Gasteiger partial charge on any atom is -0.370 e. The van der Waals surface area contributed by atoms with Crippen LogP contribution in [-0.2, 0) is 4.74 Å². The maximum absolute atomic E-state index is 6.58. The van der Waals surface area contributed by atoms with E-state index < -0.39 is 0 Å². The smallest absolute Gasteiger partial charge is 0.0810 e. The molecule has 0 unspecified atom stereocenters. The average Bonchev–Trinajstić information content (AvgIpc) is 2.81. The third-order valence-corrected chi connectivity index (χ3v) is 5.34. The highest BCUT2D eigenvalue weighted by Crippen LogP contribution is 2.44. The van der Waals surface area contributed by atoms with E-state index >= 15 is 0 Å². The Morgan fingerprint density at radius 1 is 1.05 bits per heavy atom. The largest absolute Gasteiger partial charge is 0.370 e. The summed E-state index contributed by atoms with van der Waals surface area (Å²) in [6, 6.07) is 0. The van der Waals surface area contributed by atoms with Crippen molar-refractivity contribution >= 4 is 0 Å². The molecule has 0 aromatic carbocycles. The van der Waals surface area contributed by atoms with Crippen LogP contribution in [0.1, 0.15) is 72.1 Å². The fourth-order valence-corrected chi connectivity index (χ4v) is 4.03. The Morgan fingerprint density at radius 2 is 1.63 bits per heavy atom. The Balaban J connectivity index is 1.94. The third kappa shape index (κ3) is 3.95. The SMILES string of the molecule is CNCC1(OC2CCCC2)CCC(C(C)(C)C)CC1. The van der Waals surface area contributed by atoms with Crippen molar-refractivity contribution in [1.82, 2.24) is 5.32 Å². The second-order valence-corrected chi connectivity index (χ2v) is 7.88. The van der Waals surface area contributed by atoms with E-state index in [0.29, 0.717) is 11.5 Å². The molecule has 0 radical (unpaired) electrons. The lowest BCUT2D eigenvalue weighted by molar-refractivity contribution is -0.120. The predicted octanol–water partition coefficient (Wildman–Crippen LogP) is 4.14. The molecule has 0 aromatic heterocycles. The van der Waals surface area contributed by atoms with E-state index in [4.69, 9.17) is 4.74 Å². The fourth-order valence-electron chi connectivity index (χ4n) is 4.03. The third-order valence-electron chi connectivity index (χ3n) is 5.34. The van der Waals surface area contributed by atoms with Crippen LogP contribution in [0.4, 0.5) is 0 Å². The van der Waals surface area contributed by atoms with E-state index in [1.54, 1.807) is 0 Å². The van der Waals surface area contributed by atoms with Gasteiger partial charge in [0.15, 0.2) is 0 Å². The summed E-state index contributed by atoms with van der Waals surface area (Å²) >= 11 is 0. The molecule has 0 aromatic rings. The molecule has 1 N–H and O–H groups in total. The first-order valence-electron chi connectivity index (χ1n) is 8.28. The Labute approximate surface area is 119 Å². The zero-order chi connectivity index (χ0) is 13.9. The zero-order valence-electron chi connectivity index (χ0n) is 13.4. The maximum atomic E-state index is 6.58. The predicted molar refractivity (Wildman–Crippen MR) is 81.4 cm³/mol. The summed E-state index contributed by atoms with van der Waals surface area (Å²) in [5.41, 5.74) is 0.588. The van der Waals surface area contributed by atoms with Crippen molar-refractivity contribution in [3.63, 3.8) is 0 Å². The molecular weight excluding hydrogens is 234 g/mol. The lowest BCUT2D eigenvalue weighted by Crippen LogP contribution is -2.48. The van der Waals surface area contributed by atoms with Crippen molar-refractivity contribution < 1.29 is 4.74 Å². The van der Waals surface area contributed by atoms with Crippen molar-refractivity contribution in [1.29, 1.82) is 0 Å². The Hall–Kier alpha value is -0.0800. The van der Waals surface area contributed by atoms with E-state index in [0.717, 1.165) is 12.5 Å². The van der Waals surface area contributed by atoms with Crippen LogP contribution >= 0.6 is 0 Å². The minimum atomic E-state index is 0.130. The molecule has 2 aliphatic rings. The summed E-state index contributed by atoms with van der Waals surface area (Å²) < 4.78 is 6.58. The highest BCUT2D eigenvalue weighted by atomic mass is 16.5. The van der Waals surface area contributed by atoms with Gasteiger partial charge in [0.2, 0.25) is 0 Å². The second-order valence-electron chi connectivity index (χ2n) is 7.88. The van der Waals surface area contributed by atoms with Gasteiger partial charge < -0.3 is 10.1 Å². The van der Waals surface area contributed by atoms with Crippen LogP contribution in [0.25, 0.3) is 0 Å². The van der Waals surface area contributed by atoms with Gasteiger partial charge in [-0.15, -0.1) is 0 Å². The number of hydrogen-bond donors (Lipinski definition) is 1. The molecule has 0 bridgehead atoms. The molecule has 0 atom stereocenters. The maximum Gasteiger partial charge on any atom is 0.0810 e. The summed E-state index contributed by atoms with van der Waals surface area (Å²) in [6.07, 6.45) is 11.0. The van der Waals surface area contributed by atoms with Crippen molar-refractivity contribution in [2.45, 2.75) is 83.8 Å². The van der Waals surface area contributed by atoms with Gasteiger partial charge in [0.1, 0.15) is 0 Å². The van der Waals surface area contributed by atoms with Crippen LogP contribution in [-0.4, -0.2) is 25.3 Å². The van der Waals surface area contributed by atoms with Gasteiger partial charge in [0, 0.05) is 6.54 Å². The molecule has 0 aliphatic heterocycles. The van der Waals surface area contributed by atoms with E-state index in [1.807, 2.05) is 0 Å². The fraction of sp³-hybridized carbons (Fsp3) is 1.00. The summed E-state index contributed by atoms with van der Waals surface area (Å²) in [5, 5.41) is 3.38. The summed E-state index contributed by atoms with van der Waals surface area (Å²) in [6.45, 7) is 8.20. The van der Waals surface area contributed by atoms with E-state index in [2.05, 4.69) is 33.1 Å². The van der Waals surface area contributed by atoms with E-state index in [1.165, 1.54) is 51.4 Å². The molecule has 0 saturated heterocycles. The molecule has 112 valence electrons. The number of rotatable bonds is 4. The number of hydrogen-bond acceptors (Lipinski definition) is 2. The van der Waals surface area contributed by atoms with Gasteiger partial charge in [-0.2, -0.15) is 0 Å². The van der Waals surface area contributed by atoms with Gasteiger partial charge in [-0.1, -0.05) is 33.6 Å². The van der Waals surface area contributed by atoms with Crippen molar-refractivity contribution in [3.8, 4) is 0 Å². The molecule has 2 nitrogen and oxygen atoms in total. The van der Waals surface area contributed by atoms with Crippen LogP contribution in [0, 0.1) is 11.3 Å². The van der Waals surface area contributed by atoms with Crippen molar-refractivity contribution in [2.24, 2.45) is 11.3 Å². The molecule has 2 fully saturated rings. The molecular formula is C17H33NO. The molecule has 2 saturated carbocycles. The van der Waals surface area contributed by atoms with Crippen LogP contribution in [0.2, 0.25) is 0 Å². The molecule has 0 heterocycles. The zero-order valence-corrected chi connectivity index (χ0v) is 13.4. The summed E-state index contributed by atoms with van der Waals surface area (Å²) in [5.74, 6) is 0.865. The van der Waals surface area contributed by atoms with Crippen LogP contribution in [0.3, 0.4) is 0 Å². The van der Waals surface area contributed by atoms with Crippen LogP contribution < -0.4 is 5.32 Å². The molecule has 2 rings (SSSR count). The van der Waals surface area contributed by atoms with Gasteiger partial charge in [-0.05, 0) is 56.9 Å². The lowest BCUT2D eigenvalue weighted by Gasteiger charge is -2.45. The van der Waals surface area contributed by atoms with E-state index in [-0.39, 0.29) is 5.60 Å². The van der Waals surface area contributed by atoms with Gasteiger partial charge in [-0.3, -0.25) is 0 Å². The first-order valence-corrected chi connectivity index (χ1v) is 8.28. The Bertz CT molecular complexity index is 267. The van der Waals surface area contributed by atoms with Crippen LogP contribution in [0.5, 0.6) is 0 Å². The number of ether oxygens (including phenoxy) is 1. The Morgan fingerprint density at radius 3 is 2.11 bits per heavy atom. The first kappa shape index (κ1) is 15.3. The van der Waals surface area contributed by atoms with Gasteiger partial charge in [-0.25, -0.2) is 0 Å². The molecule has 2 aliphatic carbocycles. The minimum absolute atomic E-state index is 0.130. The standard InChI is InChI=1S/C17H33NO/c1-16(2,3)14-9-11-17(12-10-14,13-18-4)19-15-7-5-6-8-15/h14-15,18H,5-13H2,1-4H3. The number of nitrogens with one attached hydrogen (secondary N) is 1. The molecule has 0 spiro atoms. The quantitative estimate of drug-likeness (QED) is 0.826. The van der Waals surface area contributed by atoms with E-state index in [9.17, 15) is 0 Å². The normalized spacial score (nSPS) is 33.8. The van der Waals surface area contributed by atoms with Gasteiger partial charge in [0.05, 0.1) is 11.7 Å². The topological polar surface area (TPSA) is 21.3 Å². The molecule has 0 amide bonds. The van der Waals surface area contributed by atoms with Crippen molar-refractivity contribution in [3.05, 3.63) is 0 Å². The lowest BCUT2D eigenvalue weighted by atomic mass is 9.68. The van der Waals surface area contributed by atoms with Crippen LogP contribution in [0.15, 0.2) is 0 Å². The van der Waals surface area contributed by atoms with Gasteiger partial charge >= 0.3 is 0 Å². The summed E-state index contributed by atoms with van der Waals surface area (Å²) in [4.78, 5) is 0. The summed E-state index contributed by atoms with van der Waals surface area (Å²) in [7, 11) is 2.07.